The number of hydrogen-bond acceptors (Lipinski definition) is 3. The van der Waals surface area contributed by atoms with Crippen molar-refractivity contribution in [3.05, 3.63) is 71.8 Å². The monoisotopic (exact) mass is 415 g/mol. The first kappa shape index (κ1) is 21.9. The standard InChI is InChI=1S/C23H27F2N3O2/c24-21(25)16-28-13-11-19(12-14-28)26-22(29)15-20(17-7-3-1-4-8-17)27-23(30)18-9-5-2-6-10-18/h1-10,19-21H,11-16H2,(H,26,29)(H,27,30). The summed E-state index contributed by atoms with van der Waals surface area (Å²) in [5.41, 5.74) is 1.38. The summed E-state index contributed by atoms with van der Waals surface area (Å²) < 4.78 is 25.0. The van der Waals surface area contributed by atoms with E-state index in [2.05, 4.69) is 10.6 Å². The molecule has 0 bridgehead atoms. The molecule has 1 atom stereocenters. The lowest BCUT2D eigenvalue weighted by atomic mass is 10.0. The molecule has 1 aliphatic heterocycles. The number of benzene rings is 2. The van der Waals surface area contributed by atoms with Gasteiger partial charge in [0.1, 0.15) is 0 Å². The van der Waals surface area contributed by atoms with E-state index >= 15 is 0 Å². The molecule has 0 radical (unpaired) electrons. The molecule has 1 saturated heterocycles. The number of halogens is 2. The average molecular weight is 415 g/mol. The third kappa shape index (κ3) is 6.62. The van der Waals surface area contributed by atoms with Gasteiger partial charge in [0.2, 0.25) is 5.91 Å². The van der Waals surface area contributed by atoms with Crippen molar-refractivity contribution in [1.82, 2.24) is 15.5 Å². The largest absolute Gasteiger partial charge is 0.353 e. The van der Waals surface area contributed by atoms with Crippen LogP contribution in [0.3, 0.4) is 0 Å². The van der Waals surface area contributed by atoms with Crippen molar-refractivity contribution in [3.8, 4) is 0 Å². The lowest BCUT2D eigenvalue weighted by molar-refractivity contribution is -0.122. The Bertz CT molecular complexity index is 810. The first-order valence-corrected chi connectivity index (χ1v) is 10.2. The number of amides is 2. The quantitative estimate of drug-likeness (QED) is 0.695. The van der Waals surface area contributed by atoms with Crippen molar-refractivity contribution in [2.24, 2.45) is 0 Å². The maximum atomic E-state index is 12.7. The minimum absolute atomic E-state index is 0.0346. The lowest BCUT2D eigenvalue weighted by Crippen LogP contribution is -2.46. The number of carbonyl (C=O) groups excluding carboxylic acids is 2. The van der Waals surface area contributed by atoms with Gasteiger partial charge in [-0.2, -0.15) is 0 Å². The normalized spacial score (nSPS) is 16.2. The summed E-state index contributed by atoms with van der Waals surface area (Å²) in [5, 5.41) is 5.96. The fourth-order valence-electron chi connectivity index (χ4n) is 3.70. The molecule has 160 valence electrons. The van der Waals surface area contributed by atoms with E-state index in [9.17, 15) is 18.4 Å². The highest BCUT2D eigenvalue weighted by molar-refractivity contribution is 5.94. The van der Waals surface area contributed by atoms with E-state index in [1.807, 2.05) is 36.4 Å². The van der Waals surface area contributed by atoms with Crippen molar-refractivity contribution >= 4 is 11.8 Å². The van der Waals surface area contributed by atoms with Gasteiger partial charge in [0.05, 0.1) is 19.0 Å². The second kappa shape index (κ2) is 10.8. The summed E-state index contributed by atoms with van der Waals surface area (Å²) in [6.07, 6.45) is -0.939. The van der Waals surface area contributed by atoms with Gasteiger partial charge in [-0.25, -0.2) is 8.78 Å². The zero-order valence-corrected chi connectivity index (χ0v) is 16.8. The van der Waals surface area contributed by atoms with Crippen LogP contribution < -0.4 is 10.6 Å². The van der Waals surface area contributed by atoms with E-state index in [1.165, 1.54) is 0 Å². The van der Waals surface area contributed by atoms with E-state index in [1.54, 1.807) is 29.2 Å². The number of piperidine rings is 1. The highest BCUT2D eigenvalue weighted by atomic mass is 19.3. The number of nitrogens with one attached hydrogen (secondary N) is 2. The molecule has 2 N–H and O–H groups in total. The Balaban J connectivity index is 1.58. The summed E-state index contributed by atoms with van der Waals surface area (Å²) in [6, 6.07) is 17.8. The van der Waals surface area contributed by atoms with Crippen molar-refractivity contribution in [2.45, 2.75) is 37.8 Å². The summed E-state index contributed by atoms with van der Waals surface area (Å²) in [4.78, 5) is 27.0. The van der Waals surface area contributed by atoms with Crippen LogP contribution in [0, 0.1) is 0 Å². The Morgan fingerprint density at radius 1 is 0.967 bits per heavy atom. The van der Waals surface area contributed by atoms with Crippen LogP contribution in [0.2, 0.25) is 0 Å². The molecule has 7 heteroatoms. The SMILES string of the molecule is O=C(CC(NC(=O)c1ccccc1)c1ccccc1)NC1CCN(CC(F)F)CC1. The second-order valence-corrected chi connectivity index (χ2v) is 7.54. The van der Waals surface area contributed by atoms with Crippen molar-refractivity contribution in [2.75, 3.05) is 19.6 Å². The number of nitrogens with zero attached hydrogens (tertiary/aromatic N) is 1. The third-order valence-corrected chi connectivity index (χ3v) is 5.28. The van der Waals surface area contributed by atoms with Gasteiger partial charge in [-0.05, 0) is 30.5 Å². The first-order chi connectivity index (χ1) is 14.5. The van der Waals surface area contributed by atoms with Gasteiger partial charge in [-0.1, -0.05) is 48.5 Å². The number of rotatable bonds is 8. The van der Waals surface area contributed by atoms with Crippen molar-refractivity contribution < 1.29 is 18.4 Å². The molecule has 0 spiro atoms. The number of alkyl halides is 2. The molecule has 1 fully saturated rings. The molecule has 0 aromatic heterocycles. The summed E-state index contributed by atoms with van der Waals surface area (Å²) >= 11 is 0. The molecule has 5 nitrogen and oxygen atoms in total. The minimum Gasteiger partial charge on any atom is -0.353 e. The van der Waals surface area contributed by atoms with Gasteiger partial charge in [-0.3, -0.25) is 14.5 Å². The van der Waals surface area contributed by atoms with Gasteiger partial charge in [0, 0.05) is 24.7 Å². The molecule has 1 aliphatic rings. The van der Waals surface area contributed by atoms with Gasteiger partial charge < -0.3 is 10.6 Å². The Hall–Kier alpha value is -2.80. The van der Waals surface area contributed by atoms with Crippen LogP contribution in [0.25, 0.3) is 0 Å². The Morgan fingerprint density at radius 3 is 2.17 bits per heavy atom. The van der Waals surface area contributed by atoms with E-state index < -0.39 is 12.5 Å². The maximum absolute atomic E-state index is 12.7. The van der Waals surface area contributed by atoms with Gasteiger partial charge in [0.15, 0.2) is 0 Å². The van der Waals surface area contributed by atoms with Crippen molar-refractivity contribution in [3.63, 3.8) is 0 Å². The minimum atomic E-state index is -2.34. The van der Waals surface area contributed by atoms with Crippen LogP contribution in [0.1, 0.15) is 41.2 Å². The molecular formula is C23H27F2N3O2. The predicted octanol–water partition coefficient (Wildman–Crippen LogP) is 3.39. The third-order valence-electron chi connectivity index (χ3n) is 5.28. The van der Waals surface area contributed by atoms with Crippen LogP contribution in [0.4, 0.5) is 8.78 Å². The Kier molecular flexibility index (Phi) is 7.90. The van der Waals surface area contributed by atoms with E-state index in [0.29, 0.717) is 31.5 Å². The average Bonchev–Trinajstić information content (AvgIpc) is 2.75. The molecule has 2 amide bonds. The zero-order valence-electron chi connectivity index (χ0n) is 16.8. The molecule has 3 rings (SSSR count). The Labute approximate surface area is 175 Å². The van der Waals surface area contributed by atoms with Crippen LogP contribution >= 0.6 is 0 Å². The van der Waals surface area contributed by atoms with E-state index in [4.69, 9.17) is 0 Å². The van der Waals surface area contributed by atoms with Gasteiger partial charge in [0.25, 0.3) is 12.3 Å². The van der Waals surface area contributed by atoms with Crippen LogP contribution in [0.5, 0.6) is 0 Å². The van der Waals surface area contributed by atoms with Gasteiger partial charge in [-0.15, -0.1) is 0 Å². The molecule has 2 aromatic carbocycles. The van der Waals surface area contributed by atoms with Crippen molar-refractivity contribution in [1.29, 1.82) is 0 Å². The number of likely N-dealkylation sites (tertiary alicyclic amines) is 1. The Morgan fingerprint density at radius 2 is 1.57 bits per heavy atom. The molecule has 1 unspecified atom stereocenters. The summed E-state index contributed by atoms with van der Waals surface area (Å²) in [5.74, 6) is -0.401. The maximum Gasteiger partial charge on any atom is 0.251 e. The number of hydrogen-bond donors (Lipinski definition) is 2. The molecule has 2 aromatic rings. The van der Waals surface area contributed by atoms with Gasteiger partial charge >= 0.3 is 0 Å². The highest BCUT2D eigenvalue weighted by Gasteiger charge is 2.24. The second-order valence-electron chi connectivity index (χ2n) is 7.54. The fraction of sp³-hybridized carbons (Fsp3) is 0.391. The molecular weight excluding hydrogens is 388 g/mol. The van der Waals surface area contributed by atoms with E-state index in [0.717, 1.165) is 5.56 Å². The van der Waals surface area contributed by atoms with Crippen LogP contribution in [-0.4, -0.2) is 48.8 Å². The van der Waals surface area contributed by atoms with Crippen LogP contribution in [0.15, 0.2) is 60.7 Å². The highest BCUT2D eigenvalue weighted by Crippen LogP contribution is 2.19. The fourth-order valence-corrected chi connectivity index (χ4v) is 3.70. The molecule has 0 saturated carbocycles. The number of carbonyl (C=O) groups is 2. The summed E-state index contributed by atoms with van der Waals surface area (Å²) in [6.45, 7) is 0.868. The lowest BCUT2D eigenvalue weighted by Gasteiger charge is -2.32. The molecule has 0 aliphatic carbocycles. The first-order valence-electron chi connectivity index (χ1n) is 10.2. The molecule has 30 heavy (non-hydrogen) atoms. The molecule has 1 heterocycles. The van der Waals surface area contributed by atoms with E-state index in [-0.39, 0.29) is 30.8 Å². The predicted molar refractivity (Wildman–Crippen MR) is 111 cm³/mol. The zero-order chi connectivity index (χ0) is 21.3. The van der Waals surface area contributed by atoms with Crippen LogP contribution in [-0.2, 0) is 4.79 Å². The topological polar surface area (TPSA) is 61.4 Å². The summed E-state index contributed by atoms with van der Waals surface area (Å²) in [7, 11) is 0. The smallest absolute Gasteiger partial charge is 0.251 e.